The van der Waals surface area contributed by atoms with E-state index in [1.807, 2.05) is 6.08 Å². The highest BCUT2D eigenvalue weighted by Gasteiger charge is 2.25. The average molecular weight is 156 g/mol. The van der Waals surface area contributed by atoms with Crippen LogP contribution in [0.1, 0.15) is 34.1 Å². The van der Waals surface area contributed by atoms with E-state index in [2.05, 4.69) is 34.3 Å². The van der Waals surface area contributed by atoms with Crippen molar-refractivity contribution in [3.63, 3.8) is 0 Å². The predicted molar refractivity (Wildman–Crippen MR) is 49.5 cm³/mol. The first-order valence-electron chi connectivity index (χ1n) is 4.07. The summed E-state index contributed by atoms with van der Waals surface area (Å²) in [6, 6.07) is 0. The van der Waals surface area contributed by atoms with Crippen molar-refractivity contribution < 1.29 is 5.11 Å². The van der Waals surface area contributed by atoms with Gasteiger partial charge in [0.25, 0.3) is 0 Å². The van der Waals surface area contributed by atoms with E-state index in [1.165, 1.54) is 0 Å². The third kappa shape index (κ3) is 4.20. The second-order valence-electron chi connectivity index (χ2n) is 4.69. The quantitative estimate of drug-likeness (QED) is 0.620. The molecule has 0 fully saturated rings. The number of aliphatic hydroxyl groups is 1. The van der Waals surface area contributed by atoms with Gasteiger partial charge in [-0.25, -0.2) is 0 Å². The van der Waals surface area contributed by atoms with Gasteiger partial charge < -0.3 is 5.11 Å². The van der Waals surface area contributed by atoms with Gasteiger partial charge in [-0.2, -0.15) is 0 Å². The summed E-state index contributed by atoms with van der Waals surface area (Å²) in [5.41, 5.74) is 0.143. The molecule has 0 spiro atoms. The maximum atomic E-state index is 9.02. The highest BCUT2D eigenvalue weighted by atomic mass is 16.3. The van der Waals surface area contributed by atoms with Gasteiger partial charge in [0.2, 0.25) is 0 Å². The zero-order chi connectivity index (χ0) is 9.12. The predicted octanol–water partition coefficient (Wildman–Crippen LogP) is 2.61. The van der Waals surface area contributed by atoms with Crippen LogP contribution in [0, 0.1) is 10.8 Å². The van der Waals surface area contributed by atoms with Gasteiger partial charge in [0, 0.05) is 6.61 Å². The van der Waals surface area contributed by atoms with E-state index >= 15 is 0 Å². The van der Waals surface area contributed by atoms with Crippen LogP contribution in [-0.2, 0) is 0 Å². The van der Waals surface area contributed by atoms with Crippen LogP contribution in [-0.4, -0.2) is 11.7 Å². The molecule has 1 N–H and O–H groups in total. The van der Waals surface area contributed by atoms with Crippen LogP contribution in [0.4, 0.5) is 0 Å². The molecule has 0 atom stereocenters. The van der Waals surface area contributed by atoms with Gasteiger partial charge in [-0.05, 0) is 17.3 Å². The van der Waals surface area contributed by atoms with Gasteiger partial charge in [0.05, 0.1) is 0 Å². The lowest BCUT2D eigenvalue weighted by Crippen LogP contribution is -2.24. The molecular formula is C10H20O. The Morgan fingerprint density at radius 3 is 2.00 bits per heavy atom. The molecule has 0 aliphatic rings. The first kappa shape index (κ1) is 10.7. The summed E-state index contributed by atoms with van der Waals surface area (Å²) in [5, 5.41) is 9.02. The minimum Gasteiger partial charge on any atom is -0.396 e. The van der Waals surface area contributed by atoms with Gasteiger partial charge in [-0.1, -0.05) is 33.8 Å². The van der Waals surface area contributed by atoms with E-state index in [-0.39, 0.29) is 17.4 Å². The second-order valence-corrected chi connectivity index (χ2v) is 4.69. The van der Waals surface area contributed by atoms with E-state index in [0.717, 1.165) is 6.42 Å². The molecule has 0 rings (SSSR count). The molecule has 1 heteroatoms. The highest BCUT2D eigenvalue weighted by Crippen LogP contribution is 2.33. The zero-order valence-electron chi connectivity index (χ0n) is 8.15. The van der Waals surface area contributed by atoms with E-state index < -0.39 is 0 Å². The molecule has 0 heterocycles. The Kier molecular flexibility index (Phi) is 3.30. The largest absolute Gasteiger partial charge is 0.396 e. The lowest BCUT2D eigenvalue weighted by atomic mass is 9.76. The van der Waals surface area contributed by atoms with Crippen molar-refractivity contribution in [2.75, 3.05) is 6.61 Å². The van der Waals surface area contributed by atoms with E-state index in [9.17, 15) is 0 Å². The van der Waals surface area contributed by atoms with Crippen molar-refractivity contribution in [3.8, 4) is 0 Å². The molecule has 0 saturated carbocycles. The van der Waals surface area contributed by atoms with Gasteiger partial charge in [-0.15, -0.1) is 6.58 Å². The number of hydrogen-bond donors (Lipinski definition) is 1. The number of hydrogen-bond acceptors (Lipinski definition) is 1. The standard InChI is InChI=1S/C10H20O/c1-6-9(2,3)7-10(4,5)8-11/h6,11H,1,7-8H2,2-5H3. The fraction of sp³-hybridized carbons (Fsp3) is 0.800. The molecule has 0 aromatic carbocycles. The van der Waals surface area contributed by atoms with Gasteiger partial charge >= 0.3 is 0 Å². The molecule has 1 nitrogen and oxygen atoms in total. The topological polar surface area (TPSA) is 20.2 Å². The molecule has 0 aliphatic carbocycles. The van der Waals surface area contributed by atoms with Crippen LogP contribution < -0.4 is 0 Å². The summed E-state index contributed by atoms with van der Waals surface area (Å²) < 4.78 is 0. The highest BCUT2D eigenvalue weighted by molar-refractivity contribution is 4.91. The van der Waals surface area contributed by atoms with Crippen LogP contribution in [0.2, 0.25) is 0 Å². The third-order valence-corrected chi connectivity index (χ3v) is 1.91. The Morgan fingerprint density at radius 1 is 1.27 bits per heavy atom. The van der Waals surface area contributed by atoms with Crippen molar-refractivity contribution in [2.45, 2.75) is 34.1 Å². The number of rotatable bonds is 4. The fourth-order valence-corrected chi connectivity index (χ4v) is 1.36. The molecule has 0 radical (unpaired) electrons. The van der Waals surface area contributed by atoms with Gasteiger partial charge in [0.1, 0.15) is 0 Å². The molecule has 0 bridgehead atoms. The molecule has 11 heavy (non-hydrogen) atoms. The Balaban J connectivity index is 4.12. The van der Waals surface area contributed by atoms with E-state index in [1.54, 1.807) is 0 Å². The third-order valence-electron chi connectivity index (χ3n) is 1.91. The molecule has 0 aliphatic heterocycles. The Morgan fingerprint density at radius 2 is 1.73 bits per heavy atom. The number of allylic oxidation sites excluding steroid dienone is 1. The Bertz CT molecular complexity index is 134. The fourth-order valence-electron chi connectivity index (χ4n) is 1.36. The lowest BCUT2D eigenvalue weighted by Gasteiger charge is -2.31. The number of aliphatic hydroxyl groups excluding tert-OH is 1. The van der Waals surface area contributed by atoms with Crippen molar-refractivity contribution in [1.82, 2.24) is 0 Å². The monoisotopic (exact) mass is 156 g/mol. The summed E-state index contributed by atoms with van der Waals surface area (Å²) in [7, 11) is 0. The molecule has 0 unspecified atom stereocenters. The average Bonchev–Trinajstić information content (AvgIpc) is 1.86. The van der Waals surface area contributed by atoms with Crippen LogP contribution in [0.3, 0.4) is 0 Å². The van der Waals surface area contributed by atoms with E-state index in [0.29, 0.717) is 0 Å². The summed E-state index contributed by atoms with van der Waals surface area (Å²) in [5.74, 6) is 0. The van der Waals surface area contributed by atoms with Crippen molar-refractivity contribution in [2.24, 2.45) is 10.8 Å². The second kappa shape index (κ2) is 3.40. The summed E-state index contributed by atoms with van der Waals surface area (Å²) in [6.07, 6.45) is 2.92. The van der Waals surface area contributed by atoms with Crippen molar-refractivity contribution in [3.05, 3.63) is 12.7 Å². The van der Waals surface area contributed by atoms with Gasteiger partial charge in [0.15, 0.2) is 0 Å². The maximum absolute atomic E-state index is 9.02. The minimum absolute atomic E-state index is 0.0116. The smallest absolute Gasteiger partial charge is 0.0482 e. The van der Waals surface area contributed by atoms with E-state index in [4.69, 9.17) is 5.11 Å². The molecular weight excluding hydrogens is 136 g/mol. The van der Waals surface area contributed by atoms with Gasteiger partial charge in [-0.3, -0.25) is 0 Å². The Labute approximate surface area is 70.1 Å². The maximum Gasteiger partial charge on any atom is 0.0482 e. The lowest BCUT2D eigenvalue weighted by molar-refractivity contribution is 0.119. The SMILES string of the molecule is C=CC(C)(C)CC(C)(C)CO. The normalized spacial score (nSPS) is 13.2. The van der Waals surface area contributed by atoms with Crippen molar-refractivity contribution >= 4 is 0 Å². The van der Waals surface area contributed by atoms with Crippen LogP contribution >= 0.6 is 0 Å². The van der Waals surface area contributed by atoms with Crippen LogP contribution in [0.25, 0.3) is 0 Å². The Hall–Kier alpha value is -0.300. The molecule has 0 saturated heterocycles. The van der Waals surface area contributed by atoms with Crippen LogP contribution in [0.5, 0.6) is 0 Å². The first-order valence-corrected chi connectivity index (χ1v) is 4.07. The molecule has 0 amide bonds. The minimum atomic E-state index is 0.0116. The first-order chi connectivity index (χ1) is 4.83. The van der Waals surface area contributed by atoms with Crippen molar-refractivity contribution in [1.29, 1.82) is 0 Å². The summed E-state index contributed by atoms with van der Waals surface area (Å²) >= 11 is 0. The molecule has 66 valence electrons. The van der Waals surface area contributed by atoms with Crippen LogP contribution in [0.15, 0.2) is 12.7 Å². The molecule has 0 aromatic heterocycles. The summed E-state index contributed by atoms with van der Waals surface area (Å²) in [6.45, 7) is 12.4. The molecule has 0 aromatic rings. The zero-order valence-corrected chi connectivity index (χ0v) is 8.15. The summed E-state index contributed by atoms with van der Waals surface area (Å²) in [4.78, 5) is 0.